The van der Waals surface area contributed by atoms with Gasteiger partial charge in [0.15, 0.2) is 0 Å². The van der Waals surface area contributed by atoms with Gasteiger partial charge in [-0.15, -0.1) is 0 Å². The molecular formula is C13H13NO2. The zero-order valence-corrected chi connectivity index (χ0v) is 8.93. The largest absolute Gasteiger partial charge is 0.273 e. The van der Waals surface area contributed by atoms with Crippen molar-refractivity contribution in [2.75, 3.05) is 0 Å². The van der Waals surface area contributed by atoms with Gasteiger partial charge in [0.25, 0.3) is 5.69 Å². The molecule has 3 rings (SSSR count). The van der Waals surface area contributed by atoms with E-state index >= 15 is 0 Å². The molecule has 2 atom stereocenters. The van der Waals surface area contributed by atoms with Crippen LogP contribution in [-0.2, 0) is 5.41 Å². The highest BCUT2D eigenvalue weighted by molar-refractivity contribution is 5.50. The highest BCUT2D eigenvalue weighted by atomic mass is 16.6. The van der Waals surface area contributed by atoms with Gasteiger partial charge in [0.05, 0.1) is 4.92 Å². The summed E-state index contributed by atoms with van der Waals surface area (Å²) in [4.78, 5) is 10.8. The molecule has 1 saturated carbocycles. The summed E-state index contributed by atoms with van der Waals surface area (Å²) in [7, 11) is 0. The first-order valence-corrected chi connectivity index (χ1v) is 5.65. The first-order valence-electron chi connectivity index (χ1n) is 5.65. The molecule has 1 fully saturated rings. The lowest BCUT2D eigenvalue weighted by molar-refractivity contribution is -0.386. The second kappa shape index (κ2) is 3.17. The predicted molar refractivity (Wildman–Crippen MR) is 61.3 cm³/mol. The summed E-state index contributed by atoms with van der Waals surface area (Å²) in [5.41, 5.74) is 1.12. The summed E-state index contributed by atoms with van der Waals surface area (Å²) < 4.78 is 0. The third kappa shape index (κ3) is 1.21. The van der Waals surface area contributed by atoms with Crippen LogP contribution in [0.15, 0.2) is 36.4 Å². The van der Waals surface area contributed by atoms with Gasteiger partial charge in [-0.25, -0.2) is 0 Å². The zero-order chi connectivity index (χ0) is 11.2. The number of allylic oxidation sites excluding steroid dienone is 2. The predicted octanol–water partition coefficient (Wildman–Crippen LogP) is 3.20. The number of nitro benzene ring substituents is 1. The fourth-order valence-electron chi connectivity index (χ4n) is 3.14. The van der Waals surface area contributed by atoms with Crippen molar-refractivity contribution in [1.82, 2.24) is 0 Å². The van der Waals surface area contributed by atoms with E-state index in [0.717, 1.165) is 18.4 Å². The molecule has 1 aromatic carbocycles. The molecule has 2 aliphatic rings. The first kappa shape index (κ1) is 9.58. The number of para-hydroxylation sites is 1. The van der Waals surface area contributed by atoms with Gasteiger partial charge >= 0.3 is 0 Å². The molecule has 2 bridgehead atoms. The second-order valence-corrected chi connectivity index (χ2v) is 4.79. The van der Waals surface area contributed by atoms with Crippen LogP contribution in [0.5, 0.6) is 0 Å². The van der Waals surface area contributed by atoms with E-state index < -0.39 is 0 Å². The minimum atomic E-state index is -0.260. The van der Waals surface area contributed by atoms with Gasteiger partial charge in [0.1, 0.15) is 0 Å². The summed E-state index contributed by atoms with van der Waals surface area (Å²) in [6.45, 7) is 0. The van der Waals surface area contributed by atoms with Crippen molar-refractivity contribution in [2.24, 2.45) is 5.92 Å². The molecule has 0 aromatic heterocycles. The number of nitro groups is 1. The lowest BCUT2D eigenvalue weighted by atomic mass is 9.79. The molecule has 16 heavy (non-hydrogen) atoms. The summed E-state index contributed by atoms with van der Waals surface area (Å²) in [5.74, 6) is 0.639. The second-order valence-electron chi connectivity index (χ2n) is 4.79. The van der Waals surface area contributed by atoms with Crippen molar-refractivity contribution < 1.29 is 4.92 Å². The van der Waals surface area contributed by atoms with Gasteiger partial charge in [-0.05, 0) is 25.2 Å². The Bertz CT molecular complexity index is 481. The average molecular weight is 215 g/mol. The van der Waals surface area contributed by atoms with Crippen LogP contribution < -0.4 is 0 Å². The minimum absolute atomic E-state index is 0.0473. The third-order valence-corrected chi connectivity index (χ3v) is 3.91. The van der Waals surface area contributed by atoms with Gasteiger partial charge in [0.2, 0.25) is 0 Å². The van der Waals surface area contributed by atoms with Crippen molar-refractivity contribution in [2.45, 2.75) is 24.7 Å². The SMILES string of the molecule is O=[N+]([O-])c1ccccc1C12C=CC(CC1)C2. The van der Waals surface area contributed by atoms with E-state index in [-0.39, 0.29) is 16.0 Å². The fraction of sp³-hybridized carbons (Fsp3) is 0.385. The summed E-state index contributed by atoms with van der Waals surface area (Å²) in [6, 6.07) is 7.17. The Morgan fingerprint density at radius 2 is 2.19 bits per heavy atom. The molecule has 0 spiro atoms. The molecule has 0 saturated heterocycles. The Hall–Kier alpha value is -1.64. The van der Waals surface area contributed by atoms with E-state index in [9.17, 15) is 10.1 Å². The smallest absolute Gasteiger partial charge is 0.258 e. The van der Waals surface area contributed by atoms with Gasteiger partial charge in [-0.3, -0.25) is 10.1 Å². The van der Waals surface area contributed by atoms with Crippen molar-refractivity contribution in [3.63, 3.8) is 0 Å². The van der Waals surface area contributed by atoms with Gasteiger partial charge in [0, 0.05) is 17.0 Å². The molecule has 2 unspecified atom stereocenters. The molecular weight excluding hydrogens is 202 g/mol. The quantitative estimate of drug-likeness (QED) is 0.432. The number of nitrogens with zero attached hydrogens (tertiary/aromatic N) is 1. The maximum Gasteiger partial charge on any atom is 0.273 e. The van der Waals surface area contributed by atoms with Crippen molar-refractivity contribution >= 4 is 5.69 Å². The zero-order valence-electron chi connectivity index (χ0n) is 8.93. The van der Waals surface area contributed by atoms with Crippen LogP contribution in [0.2, 0.25) is 0 Å². The van der Waals surface area contributed by atoms with Crippen LogP contribution in [0.3, 0.4) is 0 Å². The van der Waals surface area contributed by atoms with E-state index in [1.165, 1.54) is 6.42 Å². The third-order valence-electron chi connectivity index (χ3n) is 3.91. The van der Waals surface area contributed by atoms with E-state index in [1.807, 2.05) is 12.1 Å². The maximum absolute atomic E-state index is 11.0. The number of hydrogen-bond donors (Lipinski definition) is 0. The Kier molecular flexibility index (Phi) is 1.90. The van der Waals surface area contributed by atoms with Crippen LogP contribution >= 0.6 is 0 Å². The van der Waals surface area contributed by atoms with Crippen molar-refractivity contribution in [3.05, 3.63) is 52.1 Å². The molecule has 2 aliphatic carbocycles. The fourth-order valence-corrected chi connectivity index (χ4v) is 3.14. The molecule has 1 aromatic rings. The van der Waals surface area contributed by atoms with Gasteiger partial charge < -0.3 is 0 Å². The average Bonchev–Trinajstić information content (AvgIpc) is 2.90. The maximum atomic E-state index is 11.0. The van der Waals surface area contributed by atoms with Gasteiger partial charge in [-0.1, -0.05) is 30.4 Å². The van der Waals surface area contributed by atoms with Crippen LogP contribution in [-0.4, -0.2) is 4.92 Å². The van der Waals surface area contributed by atoms with Crippen molar-refractivity contribution in [3.8, 4) is 0 Å². The number of fused-ring (bicyclic) bond motifs is 2. The van der Waals surface area contributed by atoms with Crippen LogP contribution in [0.25, 0.3) is 0 Å². The van der Waals surface area contributed by atoms with E-state index in [4.69, 9.17) is 0 Å². The Labute approximate surface area is 93.9 Å². The van der Waals surface area contributed by atoms with Crippen LogP contribution in [0.1, 0.15) is 24.8 Å². The highest BCUT2D eigenvalue weighted by Gasteiger charge is 2.44. The molecule has 3 heteroatoms. The van der Waals surface area contributed by atoms with Gasteiger partial charge in [-0.2, -0.15) is 0 Å². The summed E-state index contributed by atoms with van der Waals surface area (Å²) in [6.07, 6.45) is 7.68. The number of rotatable bonds is 2. The van der Waals surface area contributed by atoms with Crippen molar-refractivity contribution in [1.29, 1.82) is 0 Å². The molecule has 0 amide bonds. The Morgan fingerprint density at radius 3 is 2.75 bits per heavy atom. The summed E-state index contributed by atoms with van der Waals surface area (Å²) in [5, 5.41) is 11.0. The molecule has 0 radical (unpaired) electrons. The molecule has 0 aliphatic heterocycles. The van der Waals surface area contributed by atoms with E-state index in [2.05, 4.69) is 12.2 Å². The van der Waals surface area contributed by atoms with Crippen LogP contribution in [0, 0.1) is 16.0 Å². The molecule has 0 N–H and O–H groups in total. The molecule has 0 heterocycles. The first-order chi connectivity index (χ1) is 7.71. The topological polar surface area (TPSA) is 43.1 Å². The standard InChI is InChI=1S/C13H13NO2/c15-14(16)12-4-2-1-3-11(12)13-7-5-10(9-13)6-8-13/h1-5,7,10H,6,8-9H2. The van der Waals surface area contributed by atoms with Crippen LogP contribution in [0.4, 0.5) is 5.69 Å². The summed E-state index contributed by atoms with van der Waals surface area (Å²) >= 11 is 0. The Balaban J connectivity index is 2.13. The Morgan fingerprint density at radius 1 is 1.38 bits per heavy atom. The molecule has 82 valence electrons. The highest BCUT2D eigenvalue weighted by Crippen LogP contribution is 2.52. The van der Waals surface area contributed by atoms with E-state index in [0.29, 0.717) is 5.92 Å². The molecule has 3 nitrogen and oxygen atoms in total. The lowest BCUT2D eigenvalue weighted by Gasteiger charge is -2.23. The lowest BCUT2D eigenvalue weighted by Crippen LogP contribution is -2.19. The number of benzene rings is 1. The monoisotopic (exact) mass is 215 g/mol. The minimum Gasteiger partial charge on any atom is -0.258 e. The van der Waals surface area contributed by atoms with E-state index in [1.54, 1.807) is 12.1 Å². The number of hydrogen-bond acceptors (Lipinski definition) is 2. The normalized spacial score (nSPS) is 30.9.